The maximum absolute atomic E-state index is 13.4. The summed E-state index contributed by atoms with van der Waals surface area (Å²) in [6, 6.07) is 8.50. The number of hydrogen-bond acceptors (Lipinski definition) is 4. The first-order valence-corrected chi connectivity index (χ1v) is 11.3. The molecule has 1 N–H and O–H groups in total. The number of fused-ring (bicyclic) bond motifs is 1. The molecule has 158 valence electrons. The van der Waals surface area contributed by atoms with Gasteiger partial charge in [-0.25, -0.2) is 9.37 Å². The van der Waals surface area contributed by atoms with Gasteiger partial charge in [-0.15, -0.1) is 0 Å². The molecule has 0 saturated carbocycles. The maximum Gasteiger partial charge on any atom is 0.234 e. The minimum Gasteiger partial charge on any atom is -0.325 e. The van der Waals surface area contributed by atoms with Crippen molar-refractivity contribution in [1.82, 2.24) is 4.98 Å². The number of aryl methyl sites for hydroxylation is 2. The van der Waals surface area contributed by atoms with Crippen LogP contribution in [-0.4, -0.2) is 16.6 Å². The average Bonchev–Trinajstić information content (AvgIpc) is 2.73. The molecule has 1 aliphatic rings. The molecule has 1 atom stereocenters. The molecule has 30 heavy (non-hydrogen) atoms. The third-order valence-electron chi connectivity index (χ3n) is 6.30. The molecule has 0 radical (unpaired) electrons. The molecule has 1 heterocycles. The Labute approximate surface area is 182 Å². The SMILES string of the molecule is CCC(C)(C)C1CCc2nc(SCC(=O)Nc3cc(F)ccc3C)c(C#N)cc2C1. The minimum absolute atomic E-state index is 0.113. The van der Waals surface area contributed by atoms with Crippen LogP contribution in [0.3, 0.4) is 0 Å². The summed E-state index contributed by atoms with van der Waals surface area (Å²) in [5.74, 6) is 0.0577. The summed E-state index contributed by atoms with van der Waals surface area (Å²) in [4.78, 5) is 17.1. The van der Waals surface area contributed by atoms with Gasteiger partial charge in [-0.1, -0.05) is 45.0 Å². The lowest BCUT2D eigenvalue weighted by Gasteiger charge is -2.37. The summed E-state index contributed by atoms with van der Waals surface area (Å²) >= 11 is 1.25. The Kier molecular flexibility index (Phi) is 6.82. The van der Waals surface area contributed by atoms with Gasteiger partial charge in [0, 0.05) is 11.4 Å². The summed E-state index contributed by atoms with van der Waals surface area (Å²) in [6.45, 7) is 8.66. The number of amides is 1. The van der Waals surface area contributed by atoms with E-state index in [1.807, 2.05) is 13.0 Å². The highest BCUT2D eigenvalue weighted by Gasteiger charge is 2.32. The standard InChI is InChI=1S/C24H28FN3OS/c1-5-24(3,4)18-7-9-20-16(11-18)10-17(13-26)23(28-20)30-14-22(29)27-21-12-19(25)8-6-15(21)2/h6,8,10,12,18H,5,7,9,11,14H2,1-4H3,(H,27,29). The average molecular weight is 426 g/mol. The molecule has 0 fully saturated rings. The van der Waals surface area contributed by atoms with E-state index in [1.54, 1.807) is 6.07 Å². The fraction of sp³-hybridized carbons (Fsp3) is 0.458. The van der Waals surface area contributed by atoms with Crippen molar-refractivity contribution < 1.29 is 9.18 Å². The number of halogens is 1. The molecule has 1 amide bonds. The number of carbonyl (C=O) groups is 1. The van der Waals surface area contributed by atoms with E-state index in [1.165, 1.54) is 23.9 Å². The van der Waals surface area contributed by atoms with E-state index in [0.717, 1.165) is 42.5 Å². The molecule has 0 aliphatic heterocycles. The van der Waals surface area contributed by atoms with Gasteiger partial charge in [0.2, 0.25) is 5.91 Å². The fourth-order valence-electron chi connectivity index (χ4n) is 3.84. The van der Waals surface area contributed by atoms with Gasteiger partial charge in [0.05, 0.1) is 11.3 Å². The number of carbonyl (C=O) groups excluding carboxylic acids is 1. The highest BCUT2D eigenvalue weighted by molar-refractivity contribution is 8.00. The van der Waals surface area contributed by atoms with E-state index in [2.05, 4.69) is 32.2 Å². The Hall–Kier alpha value is -2.39. The molecule has 1 aliphatic carbocycles. The second-order valence-corrected chi connectivity index (χ2v) is 9.60. The van der Waals surface area contributed by atoms with Crippen molar-refractivity contribution >= 4 is 23.4 Å². The number of nitriles is 1. The number of anilines is 1. The number of aromatic nitrogens is 1. The van der Waals surface area contributed by atoms with Crippen molar-refractivity contribution in [1.29, 1.82) is 5.26 Å². The Bertz CT molecular complexity index is 997. The van der Waals surface area contributed by atoms with E-state index >= 15 is 0 Å². The molecule has 6 heteroatoms. The van der Waals surface area contributed by atoms with Crippen LogP contribution < -0.4 is 5.32 Å². The fourth-order valence-corrected chi connectivity index (χ4v) is 4.62. The Balaban J connectivity index is 1.71. The van der Waals surface area contributed by atoms with Crippen LogP contribution in [-0.2, 0) is 17.6 Å². The molecular weight excluding hydrogens is 397 g/mol. The molecule has 0 saturated heterocycles. The quantitative estimate of drug-likeness (QED) is 0.605. The topological polar surface area (TPSA) is 65.8 Å². The van der Waals surface area contributed by atoms with E-state index in [-0.39, 0.29) is 17.1 Å². The van der Waals surface area contributed by atoms with Crippen LogP contribution in [0.15, 0.2) is 29.3 Å². The zero-order valence-electron chi connectivity index (χ0n) is 18.0. The summed E-state index contributed by atoms with van der Waals surface area (Å²) in [5, 5.41) is 12.9. The van der Waals surface area contributed by atoms with Crippen molar-refractivity contribution in [3.05, 3.63) is 52.5 Å². The van der Waals surface area contributed by atoms with Crippen LogP contribution in [0.25, 0.3) is 0 Å². The number of rotatable bonds is 6. The van der Waals surface area contributed by atoms with Gasteiger partial charge >= 0.3 is 0 Å². The minimum atomic E-state index is -0.392. The molecule has 3 rings (SSSR count). The first-order valence-electron chi connectivity index (χ1n) is 10.3. The van der Waals surface area contributed by atoms with Gasteiger partial charge in [-0.05, 0) is 66.8 Å². The van der Waals surface area contributed by atoms with E-state index in [4.69, 9.17) is 4.98 Å². The number of pyridine rings is 1. The first-order chi connectivity index (χ1) is 14.2. The van der Waals surface area contributed by atoms with Gasteiger partial charge in [0.1, 0.15) is 16.9 Å². The predicted molar refractivity (Wildman–Crippen MR) is 119 cm³/mol. The molecular formula is C24H28FN3OS. The summed E-state index contributed by atoms with van der Waals surface area (Å²) in [6.07, 6.45) is 4.06. The summed E-state index contributed by atoms with van der Waals surface area (Å²) in [5.41, 5.74) is 4.25. The van der Waals surface area contributed by atoms with Crippen molar-refractivity contribution in [3.8, 4) is 6.07 Å². The molecule has 1 aromatic carbocycles. The number of hydrogen-bond donors (Lipinski definition) is 1. The van der Waals surface area contributed by atoms with E-state index in [0.29, 0.717) is 22.2 Å². The number of nitrogens with zero attached hydrogens (tertiary/aromatic N) is 2. The van der Waals surface area contributed by atoms with Crippen LogP contribution in [0.5, 0.6) is 0 Å². The second kappa shape index (κ2) is 9.18. The lowest BCUT2D eigenvalue weighted by atomic mass is 9.69. The Morgan fingerprint density at radius 2 is 2.17 bits per heavy atom. The third kappa shape index (κ3) is 5.02. The van der Waals surface area contributed by atoms with Gasteiger partial charge in [0.25, 0.3) is 0 Å². The zero-order valence-corrected chi connectivity index (χ0v) is 18.8. The molecule has 0 spiro atoms. The molecule has 2 aromatic rings. The van der Waals surface area contributed by atoms with Gasteiger partial charge in [-0.3, -0.25) is 4.79 Å². The number of thioether (sulfide) groups is 1. The highest BCUT2D eigenvalue weighted by Crippen LogP contribution is 2.40. The van der Waals surface area contributed by atoms with Gasteiger partial charge in [-0.2, -0.15) is 5.26 Å². The normalized spacial score (nSPS) is 15.9. The number of nitrogens with one attached hydrogen (secondary N) is 1. The Morgan fingerprint density at radius 1 is 1.40 bits per heavy atom. The zero-order chi connectivity index (χ0) is 21.9. The number of benzene rings is 1. The summed E-state index contributed by atoms with van der Waals surface area (Å²) < 4.78 is 13.4. The molecule has 0 bridgehead atoms. The third-order valence-corrected chi connectivity index (χ3v) is 7.29. The monoisotopic (exact) mass is 425 g/mol. The smallest absolute Gasteiger partial charge is 0.234 e. The Morgan fingerprint density at radius 3 is 2.87 bits per heavy atom. The predicted octanol–water partition coefficient (Wildman–Crippen LogP) is 5.67. The van der Waals surface area contributed by atoms with Crippen LogP contribution in [0.4, 0.5) is 10.1 Å². The second-order valence-electron chi connectivity index (χ2n) is 8.64. The van der Waals surface area contributed by atoms with Crippen LogP contribution >= 0.6 is 11.8 Å². The van der Waals surface area contributed by atoms with Crippen molar-refractivity contribution in [2.75, 3.05) is 11.1 Å². The van der Waals surface area contributed by atoms with E-state index in [9.17, 15) is 14.4 Å². The lowest BCUT2D eigenvalue weighted by molar-refractivity contribution is -0.113. The van der Waals surface area contributed by atoms with Crippen LogP contribution in [0.1, 0.15) is 56.0 Å². The van der Waals surface area contributed by atoms with Crippen molar-refractivity contribution in [3.63, 3.8) is 0 Å². The van der Waals surface area contributed by atoms with Gasteiger partial charge < -0.3 is 5.32 Å². The van der Waals surface area contributed by atoms with Crippen LogP contribution in [0, 0.1) is 35.4 Å². The molecule has 1 aromatic heterocycles. The highest BCUT2D eigenvalue weighted by atomic mass is 32.2. The van der Waals surface area contributed by atoms with Gasteiger partial charge in [0.15, 0.2) is 0 Å². The lowest BCUT2D eigenvalue weighted by Crippen LogP contribution is -2.29. The first kappa shape index (κ1) is 22.3. The molecule has 4 nitrogen and oxygen atoms in total. The van der Waals surface area contributed by atoms with Crippen molar-refractivity contribution in [2.45, 2.75) is 58.4 Å². The maximum atomic E-state index is 13.4. The van der Waals surface area contributed by atoms with Crippen LogP contribution in [0.2, 0.25) is 0 Å². The largest absolute Gasteiger partial charge is 0.325 e. The van der Waals surface area contributed by atoms with Crippen molar-refractivity contribution in [2.24, 2.45) is 11.3 Å². The van der Waals surface area contributed by atoms with E-state index < -0.39 is 5.82 Å². The molecule has 1 unspecified atom stereocenters. The summed E-state index contributed by atoms with van der Waals surface area (Å²) in [7, 11) is 0.